The molecule has 2 aromatic rings. The van der Waals surface area contributed by atoms with Crippen LogP contribution in [-0.4, -0.2) is 33.6 Å². The molecule has 5 rings (SSSR count). The first-order chi connectivity index (χ1) is 10.8. The quantitative estimate of drug-likeness (QED) is 0.936. The van der Waals surface area contributed by atoms with E-state index < -0.39 is 5.91 Å². The van der Waals surface area contributed by atoms with Crippen molar-refractivity contribution in [2.24, 2.45) is 5.73 Å². The van der Waals surface area contributed by atoms with Gasteiger partial charge >= 0.3 is 0 Å². The van der Waals surface area contributed by atoms with Crippen molar-refractivity contribution in [1.82, 2.24) is 9.38 Å². The summed E-state index contributed by atoms with van der Waals surface area (Å²) in [4.78, 5) is 16.5. The molecular formula is C17H21N3O3. The summed E-state index contributed by atoms with van der Waals surface area (Å²) in [7, 11) is 0. The van der Waals surface area contributed by atoms with Crippen LogP contribution >= 0.6 is 0 Å². The Morgan fingerprint density at radius 2 is 2.17 bits per heavy atom. The smallest absolute Gasteiger partial charge is 0.253 e. The number of carbonyl (C=O) groups excluding carboxylic acids is 1. The van der Waals surface area contributed by atoms with Gasteiger partial charge in [-0.05, 0) is 33.6 Å². The summed E-state index contributed by atoms with van der Waals surface area (Å²) in [6.07, 6.45) is 5.65. The van der Waals surface area contributed by atoms with Crippen molar-refractivity contribution in [3.8, 4) is 5.75 Å². The number of hydrogen-bond donors (Lipinski definition) is 1. The highest BCUT2D eigenvalue weighted by atomic mass is 16.5. The zero-order valence-electron chi connectivity index (χ0n) is 13.6. The van der Waals surface area contributed by atoms with Gasteiger partial charge in [0.05, 0.1) is 29.6 Å². The largest absolute Gasteiger partial charge is 0.490 e. The first-order valence-corrected chi connectivity index (χ1v) is 7.94. The number of primary amides is 1. The molecule has 3 aliphatic rings. The Morgan fingerprint density at radius 1 is 1.43 bits per heavy atom. The zero-order chi connectivity index (χ0) is 16.4. The van der Waals surface area contributed by atoms with Crippen LogP contribution < -0.4 is 10.5 Å². The molecule has 0 radical (unpaired) electrons. The van der Waals surface area contributed by atoms with Crippen LogP contribution in [-0.2, 0) is 10.2 Å². The summed E-state index contributed by atoms with van der Waals surface area (Å²) in [6.45, 7) is 6.69. The molecule has 1 amide bonds. The van der Waals surface area contributed by atoms with Crippen LogP contribution in [0, 0.1) is 0 Å². The van der Waals surface area contributed by atoms with Crippen molar-refractivity contribution in [1.29, 1.82) is 0 Å². The topological polar surface area (TPSA) is 78.8 Å². The Balaban J connectivity index is 1.78. The van der Waals surface area contributed by atoms with E-state index in [2.05, 4.69) is 6.92 Å². The highest BCUT2D eigenvalue weighted by Crippen LogP contribution is 2.58. The van der Waals surface area contributed by atoms with Crippen LogP contribution in [0.1, 0.15) is 49.7 Å². The monoisotopic (exact) mass is 315 g/mol. The first-order valence-electron chi connectivity index (χ1n) is 7.94. The predicted octanol–water partition coefficient (Wildman–Crippen LogP) is 2.04. The first kappa shape index (κ1) is 14.5. The molecule has 0 atom stereocenters. The molecule has 2 aromatic heterocycles. The van der Waals surface area contributed by atoms with Crippen LogP contribution in [0.15, 0.2) is 18.5 Å². The summed E-state index contributed by atoms with van der Waals surface area (Å²) >= 11 is 0. The fourth-order valence-electron chi connectivity index (χ4n) is 3.96. The van der Waals surface area contributed by atoms with Crippen molar-refractivity contribution in [3.63, 3.8) is 0 Å². The van der Waals surface area contributed by atoms with E-state index in [-0.39, 0.29) is 17.1 Å². The lowest BCUT2D eigenvalue weighted by atomic mass is 9.62. The van der Waals surface area contributed by atoms with E-state index in [0.717, 1.165) is 24.2 Å². The lowest BCUT2D eigenvalue weighted by Gasteiger charge is -2.41. The summed E-state index contributed by atoms with van der Waals surface area (Å²) < 4.78 is 13.4. The lowest BCUT2D eigenvalue weighted by Crippen LogP contribution is -2.45. The molecular weight excluding hydrogens is 294 g/mol. The molecule has 0 unspecified atom stereocenters. The maximum absolute atomic E-state index is 11.7. The number of aromatic nitrogens is 2. The molecule has 1 aliphatic carbocycles. The van der Waals surface area contributed by atoms with Gasteiger partial charge in [-0.3, -0.25) is 4.79 Å². The van der Waals surface area contributed by atoms with E-state index >= 15 is 0 Å². The third-order valence-corrected chi connectivity index (χ3v) is 4.85. The molecule has 2 bridgehead atoms. The number of rotatable bonds is 4. The van der Waals surface area contributed by atoms with Gasteiger partial charge in [-0.2, -0.15) is 0 Å². The Morgan fingerprint density at radius 3 is 2.74 bits per heavy atom. The van der Waals surface area contributed by atoms with Crippen molar-refractivity contribution >= 4 is 11.6 Å². The molecule has 2 N–H and O–H groups in total. The molecule has 2 aliphatic heterocycles. The lowest BCUT2D eigenvalue weighted by molar-refractivity contribution is 0.0154. The minimum atomic E-state index is -0.503. The Kier molecular flexibility index (Phi) is 2.82. The van der Waals surface area contributed by atoms with Gasteiger partial charge in [-0.25, -0.2) is 4.98 Å². The minimum Gasteiger partial charge on any atom is -0.490 e. The average Bonchev–Trinajstić information content (AvgIpc) is 3.06. The zero-order valence-corrected chi connectivity index (χ0v) is 13.6. The molecule has 0 aromatic carbocycles. The third-order valence-electron chi connectivity index (χ3n) is 4.85. The second-order valence-corrected chi connectivity index (χ2v) is 7.35. The van der Waals surface area contributed by atoms with E-state index in [1.807, 2.05) is 24.4 Å². The van der Waals surface area contributed by atoms with Gasteiger partial charge in [-0.15, -0.1) is 0 Å². The van der Waals surface area contributed by atoms with Crippen LogP contribution in [0.4, 0.5) is 0 Å². The molecule has 122 valence electrons. The van der Waals surface area contributed by atoms with Crippen LogP contribution in [0.5, 0.6) is 5.75 Å². The average molecular weight is 315 g/mol. The highest BCUT2D eigenvalue weighted by molar-refractivity contribution is 5.95. The third kappa shape index (κ3) is 2.12. The maximum atomic E-state index is 11.7. The number of ether oxygens (including phenoxy) is 2. The van der Waals surface area contributed by atoms with E-state index in [1.165, 1.54) is 0 Å². The Hall–Kier alpha value is -2.08. The van der Waals surface area contributed by atoms with Gasteiger partial charge in [0.2, 0.25) is 0 Å². The normalized spacial score (nSPS) is 29.0. The highest BCUT2D eigenvalue weighted by Gasteiger charge is 2.61. The van der Waals surface area contributed by atoms with E-state index in [4.69, 9.17) is 20.2 Å². The molecule has 23 heavy (non-hydrogen) atoms. The van der Waals surface area contributed by atoms with Crippen molar-refractivity contribution in [2.75, 3.05) is 6.61 Å². The fourth-order valence-corrected chi connectivity index (χ4v) is 3.96. The molecule has 1 saturated carbocycles. The number of nitrogens with two attached hydrogens (primary N) is 1. The number of carbonyl (C=O) groups is 1. The van der Waals surface area contributed by atoms with E-state index in [0.29, 0.717) is 17.9 Å². The van der Waals surface area contributed by atoms with Gasteiger partial charge in [0.15, 0.2) is 0 Å². The number of hydrogen-bond acceptors (Lipinski definition) is 4. The SMILES string of the molecule is CC(C)Oc1cc2nc(C34COC(C)(C3)C4)cn2cc1C(N)=O. The maximum Gasteiger partial charge on any atom is 0.253 e. The molecule has 6 heteroatoms. The summed E-state index contributed by atoms with van der Waals surface area (Å²) in [5, 5.41) is 0. The molecule has 4 heterocycles. The van der Waals surface area contributed by atoms with Gasteiger partial charge in [0.1, 0.15) is 11.4 Å². The van der Waals surface area contributed by atoms with Crippen molar-refractivity contribution < 1.29 is 14.3 Å². The number of fused-ring (bicyclic) bond motifs is 2. The number of imidazole rings is 1. The van der Waals surface area contributed by atoms with Crippen molar-refractivity contribution in [3.05, 3.63) is 29.7 Å². The van der Waals surface area contributed by atoms with Crippen molar-refractivity contribution in [2.45, 2.75) is 50.7 Å². The molecule has 2 saturated heterocycles. The second kappa shape index (κ2) is 4.47. The van der Waals surface area contributed by atoms with Crippen LogP contribution in [0.2, 0.25) is 0 Å². The number of amides is 1. The van der Waals surface area contributed by atoms with Gasteiger partial charge in [0.25, 0.3) is 5.91 Å². The fraction of sp³-hybridized carbons (Fsp3) is 0.529. The number of nitrogens with zero attached hydrogens (tertiary/aromatic N) is 2. The summed E-state index contributed by atoms with van der Waals surface area (Å²) in [5.41, 5.74) is 7.67. The second-order valence-electron chi connectivity index (χ2n) is 7.35. The standard InChI is InChI=1S/C17H21N3O3/c1-10(2)23-12-4-14-19-13(6-20(14)5-11(12)15(18)21)17-7-16(3,8-17)22-9-17/h4-6,10H,7-9H2,1-3H3,(H2,18,21). The van der Waals surface area contributed by atoms with Crippen LogP contribution in [0.25, 0.3) is 5.65 Å². The van der Waals surface area contributed by atoms with E-state index in [1.54, 1.807) is 12.3 Å². The Bertz CT molecular complexity index is 803. The summed E-state index contributed by atoms with van der Waals surface area (Å²) in [5.74, 6) is -0.0212. The molecule has 6 nitrogen and oxygen atoms in total. The number of pyridine rings is 1. The molecule has 0 spiro atoms. The Labute approximate surface area is 134 Å². The summed E-state index contributed by atoms with van der Waals surface area (Å²) in [6, 6.07) is 1.79. The van der Waals surface area contributed by atoms with Crippen LogP contribution in [0.3, 0.4) is 0 Å². The van der Waals surface area contributed by atoms with Gasteiger partial charge < -0.3 is 19.6 Å². The molecule has 3 fully saturated rings. The van der Waals surface area contributed by atoms with Gasteiger partial charge in [-0.1, -0.05) is 0 Å². The predicted molar refractivity (Wildman–Crippen MR) is 84.7 cm³/mol. The van der Waals surface area contributed by atoms with Gasteiger partial charge in [0, 0.05) is 23.9 Å². The minimum absolute atomic E-state index is 0.0140. The van der Waals surface area contributed by atoms with E-state index in [9.17, 15) is 4.79 Å².